The topological polar surface area (TPSA) is 99.6 Å². The van der Waals surface area contributed by atoms with Crippen LogP contribution in [-0.2, 0) is 10.0 Å². The van der Waals surface area contributed by atoms with Crippen molar-refractivity contribution in [2.75, 3.05) is 0 Å². The van der Waals surface area contributed by atoms with Gasteiger partial charge in [0.15, 0.2) is 6.04 Å². The quantitative estimate of drug-likeness (QED) is 0.242. The van der Waals surface area contributed by atoms with E-state index in [0.29, 0.717) is 5.56 Å². The van der Waals surface area contributed by atoms with Crippen LogP contribution in [0.3, 0.4) is 0 Å². The highest BCUT2D eigenvalue weighted by molar-refractivity contribution is 7.89. The summed E-state index contributed by atoms with van der Waals surface area (Å²) < 4.78 is 28.3. The number of sulfonamides is 1. The molecule has 1 atom stereocenters. The van der Waals surface area contributed by atoms with Crippen LogP contribution in [0, 0.1) is 0 Å². The van der Waals surface area contributed by atoms with Gasteiger partial charge in [-0.05, 0) is 29.8 Å². The monoisotopic (exact) mass is 459 g/mol. The molecule has 0 aliphatic carbocycles. The number of benzene rings is 3. The van der Waals surface area contributed by atoms with Gasteiger partial charge in [-0.15, -0.1) is 0 Å². The zero-order valence-electron chi connectivity index (χ0n) is 15.4. The van der Waals surface area contributed by atoms with Gasteiger partial charge in [0.1, 0.15) is 0 Å². The number of hydrogen-bond donors (Lipinski definition) is 1. The molecule has 0 heterocycles. The van der Waals surface area contributed by atoms with E-state index in [1.54, 1.807) is 54.6 Å². The molecule has 0 saturated heterocycles. The van der Waals surface area contributed by atoms with Crippen LogP contribution < -0.4 is 4.72 Å². The summed E-state index contributed by atoms with van der Waals surface area (Å²) >= 11 is 12.2. The average Bonchev–Trinajstić information content (AvgIpc) is 2.74. The summed E-state index contributed by atoms with van der Waals surface area (Å²) in [4.78, 5) is 16.3. The van der Waals surface area contributed by atoms with E-state index in [9.17, 15) is 18.7 Å². The Bertz CT molecular complexity index is 1210. The molecule has 0 amide bonds. The number of halogens is 2. The molecular formula is C21H15Cl2N3O3S. The molecule has 152 valence electrons. The Balaban J connectivity index is 2.10. The Labute approximate surface area is 183 Å². The van der Waals surface area contributed by atoms with Gasteiger partial charge in [-0.3, -0.25) is 4.79 Å². The molecule has 9 heteroatoms. The van der Waals surface area contributed by atoms with Crippen LogP contribution in [0.15, 0.2) is 83.8 Å². The lowest BCUT2D eigenvalue weighted by Gasteiger charge is -2.16. The lowest BCUT2D eigenvalue weighted by atomic mass is 9.96. The summed E-state index contributed by atoms with van der Waals surface area (Å²) in [6.07, 6.45) is 0. The van der Waals surface area contributed by atoms with Gasteiger partial charge in [0.05, 0.1) is 20.5 Å². The highest BCUT2D eigenvalue weighted by Crippen LogP contribution is 2.28. The van der Waals surface area contributed by atoms with E-state index in [-0.39, 0.29) is 20.5 Å². The minimum absolute atomic E-state index is 0.00792. The largest absolute Gasteiger partial charge is 0.361 e. The predicted molar refractivity (Wildman–Crippen MR) is 115 cm³/mol. The first-order valence-corrected chi connectivity index (χ1v) is 10.9. The molecule has 0 bridgehead atoms. The Hall–Kier alpha value is -2.80. The molecule has 0 aromatic heterocycles. The highest BCUT2D eigenvalue weighted by atomic mass is 35.5. The van der Waals surface area contributed by atoms with Gasteiger partial charge in [0.25, 0.3) is 5.78 Å². The molecule has 3 aromatic rings. The van der Waals surface area contributed by atoms with Crippen molar-refractivity contribution in [1.29, 1.82) is 0 Å². The molecule has 0 saturated carbocycles. The Morgan fingerprint density at radius 3 is 1.93 bits per heavy atom. The lowest BCUT2D eigenvalue weighted by molar-refractivity contribution is -0.0111. The molecule has 0 aliphatic rings. The van der Waals surface area contributed by atoms with Crippen LogP contribution in [-0.4, -0.2) is 24.7 Å². The fraction of sp³-hybridized carbons (Fsp3) is 0.0476. The van der Waals surface area contributed by atoms with Crippen molar-refractivity contribution in [3.05, 3.63) is 106 Å². The first-order chi connectivity index (χ1) is 14.3. The minimum Gasteiger partial charge on any atom is -0.361 e. The highest BCUT2D eigenvalue weighted by Gasteiger charge is 2.38. The lowest BCUT2D eigenvalue weighted by Crippen LogP contribution is -2.38. The van der Waals surface area contributed by atoms with E-state index < -0.39 is 27.6 Å². The van der Waals surface area contributed by atoms with E-state index in [4.69, 9.17) is 23.2 Å². The molecule has 0 radical (unpaired) electrons. The van der Waals surface area contributed by atoms with Crippen LogP contribution in [0.5, 0.6) is 0 Å². The van der Waals surface area contributed by atoms with Crippen LogP contribution in [0.1, 0.15) is 22.0 Å². The molecule has 3 rings (SSSR count). The van der Waals surface area contributed by atoms with Gasteiger partial charge in [-0.25, -0.2) is 8.42 Å². The van der Waals surface area contributed by atoms with Crippen molar-refractivity contribution >= 4 is 44.7 Å². The van der Waals surface area contributed by atoms with Gasteiger partial charge in [-0.1, -0.05) is 77.8 Å². The molecule has 30 heavy (non-hydrogen) atoms. The smallest absolute Gasteiger partial charge is 0.361 e. The molecule has 3 aromatic carbocycles. The normalized spacial score (nSPS) is 12.1. The minimum atomic E-state index is -4.06. The number of nitrogens with zero attached hydrogens (tertiary/aromatic N) is 2. The Kier molecular flexibility index (Phi) is 6.82. The third-order valence-corrected chi connectivity index (χ3v) is 6.33. The van der Waals surface area contributed by atoms with E-state index in [1.807, 2.05) is 0 Å². The third kappa shape index (κ3) is 4.67. The summed E-state index contributed by atoms with van der Waals surface area (Å²) in [5.74, 6) is -0.808. The molecule has 6 nitrogen and oxygen atoms in total. The molecule has 0 aliphatic heterocycles. The summed E-state index contributed by atoms with van der Waals surface area (Å²) in [5.41, 5.74) is 9.51. The average molecular weight is 460 g/mol. The Morgan fingerprint density at radius 2 is 1.40 bits per heavy atom. The number of carbonyl (C=O) groups is 1. The maximum Gasteiger partial charge on any atom is 0.361 e. The van der Waals surface area contributed by atoms with Crippen molar-refractivity contribution in [2.45, 2.75) is 10.9 Å². The fourth-order valence-electron chi connectivity index (χ4n) is 2.83. The van der Waals surface area contributed by atoms with E-state index in [1.165, 1.54) is 24.3 Å². The molecule has 0 spiro atoms. The van der Waals surface area contributed by atoms with Crippen molar-refractivity contribution in [3.8, 4) is 0 Å². The summed E-state index contributed by atoms with van der Waals surface area (Å²) in [7, 11) is -4.06. The first-order valence-electron chi connectivity index (χ1n) is 8.68. The summed E-state index contributed by atoms with van der Waals surface area (Å²) in [6, 6.07) is 19.1. The summed E-state index contributed by atoms with van der Waals surface area (Å²) in [6.45, 7) is 0. The van der Waals surface area contributed by atoms with Gasteiger partial charge < -0.3 is 5.53 Å². The summed E-state index contributed by atoms with van der Waals surface area (Å²) in [5, 5.41) is 0.0951. The van der Waals surface area contributed by atoms with Crippen LogP contribution >= 0.6 is 23.2 Å². The maximum absolute atomic E-state index is 13.2. The van der Waals surface area contributed by atoms with Gasteiger partial charge >= 0.3 is 5.71 Å². The van der Waals surface area contributed by atoms with Crippen molar-refractivity contribution in [1.82, 2.24) is 4.72 Å². The number of nitrogens with one attached hydrogen (secondary N) is 1. The van der Waals surface area contributed by atoms with E-state index in [2.05, 4.69) is 9.51 Å². The Morgan fingerprint density at radius 1 is 0.867 bits per heavy atom. The second kappa shape index (κ2) is 9.34. The van der Waals surface area contributed by atoms with Gasteiger partial charge in [0, 0.05) is 0 Å². The number of rotatable bonds is 7. The standard InChI is InChI=1S/C21H15Cl2N3O3S/c22-16-12-7-13-17(23)18(16)21(27)20(25-24)19(14-8-3-1-4-9-14)26-30(28,29)15-10-5-2-6-11-15/h1-13,19,26H. The molecular weight excluding hydrogens is 445 g/mol. The second-order valence-electron chi connectivity index (χ2n) is 6.19. The fourth-order valence-corrected chi connectivity index (χ4v) is 4.61. The van der Waals surface area contributed by atoms with Crippen LogP contribution in [0.25, 0.3) is 5.53 Å². The van der Waals surface area contributed by atoms with Crippen LogP contribution in [0.2, 0.25) is 10.0 Å². The number of carbonyl (C=O) groups excluding carboxylic acids is 1. The van der Waals surface area contributed by atoms with E-state index >= 15 is 0 Å². The molecule has 1 unspecified atom stereocenters. The van der Waals surface area contributed by atoms with Crippen molar-refractivity contribution < 1.29 is 18.0 Å². The van der Waals surface area contributed by atoms with Gasteiger partial charge in [0.2, 0.25) is 10.0 Å². The first kappa shape index (κ1) is 21.9. The zero-order valence-corrected chi connectivity index (χ0v) is 17.7. The van der Waals surface area contributed by atoms with Crippen LogP contribution in [0.4, 0.5) is 0 Å². The SMILES string of the molecule is [N-]=[N+]=C(C(=O)c1c(Cl)cccc1Cl)C(NS(=O)(=O)c1ccccc1)c1ccccc1. The van der Waals surface area contributed by atoms with E-state index in [0.717, 1.165) is 0 Å². The predicted octanol–water partition coefficient (Wildman–Crippen LogP) is 4.57. The van der Waals surface area contributed by atoms with Gasteiger partial charge in [-0.2, -0.15) is 9.51 Å². The maximum atomic E-state index is 13.2. The molecule has 0 fully saturated rings. The molecule has 1 N–H and O–H groups in total. The van der Waals surface area contributed by atoms with Crippen molar-refractivity contribution in [2.24, 2.45) is 0 Å². The zero-order chi connectivity index (χ0) is 21.7. The number of Topliss-reactive ketones (excluding diaryl/α,β-unsaturated/α-hetero) is 1. The van der Waals surface area contributed by atoms with Crippen molar-refractivity contribution in [3.63, 3.8) is 0 Å². The second-order valence-corrected chi connectivity index (χ2v) is 8.72. The number of ketones is 1. The number of hydrogen-bond acceptors (Lipinski definition) is 3. The third-order valence-electron chi connectivity index (χ3n) is 4.26.